The predicted molar refractivity (Wildman–Crippen MR) is 315 cm³/mol. The Bertz CT molecular complexity index is 2660. The summed E-state index contributed by atoms with van der Waals surface area (Å²) < 4.78 is 72.4. The summed E-state index contributed by atoms with van der Waals surface area (Å²) in [4.78, 5) is 15.5. The highest BCUT2D eigenvalue weighted by Gasteiger charge is 2.72. The second-order valence-electron chi connectivity index (χ2n) is 31.1. The fourth-order valence-corrected chi connectivity index (χ4v) is 18.9. The molecule has 5 aliphatic carbocycles. The molecule has 94 heavy (non-hydrogen) atoms. The van der Waals surface area contributed by atoms with Gasteiger partial charge in [0, 0.05) is 0 Å². The van der Waals surface area contributed by atoms with Gasteiger partial charge in [-0.25, -0.2) is 0 Å². The average Bonchev–Trinajstić information content (AvgIpc) is 0.671. The predicted octanol–water partition coefficient (Wildman–Crippen LogP) is -4.08. The highest BCUT2D eigenvalue weighted by Crippen LogP contribution is 2.76. The van der Waals surface area contributed by atoms with Gasteiger partial charge in [-0.1, -0.05) is 60.1 Å². The highest BCUT2D eigenvalue weighted by atomic mass is 16.8. The SMILES string of the molecule is C[C@@H]1O[C@@H](O[C@@H]2[C@@H](O)[C@H](O[C@H]3CC[C@]4(C)[C@H]5CC=C6[C@@H]7CC(C)(C)CC[C@]7(C(=O)O[C@H]7OC[C@H](O)[C@H](O)[C@H]7O[C@@H]7O[C@@H](C)[C@H](O[C@@H]8O[C@H](CO)[C@@H](O)[C@H](O)[C@H]8O)[C@@H](O)[C@H]7O)[C@H](O)C[C@@]6(C)[C@]5(C)CC[C@H]4C3(C)C)O[C@H](CO)[C@H]2O[C@@H]2OC[C@@H](O)[C@H](O)[C@H]2O)[C@H](O)[C@H](O)[C@H]1O. The lowest BCUT2D eigenvalue weighted by Crippen LogP contribution is -2.69. The molecule has 0 radical (unpaired) electrons. The first-order valence-corrected chi connectivity index (χ1v) is 33.5. The normalized spacial score (nSPS) is 55.0. The van der Waals surface area contributed by atoms with Crippen LogP contribution in [0.15, 0.2) is 11.6 Å². The van der Waals surface area contributed by atoms with Crippen LogP contribution in [0.5, 0.6) is 0 Å². The van der Waals surface area contributed by atoms with Crippen molar-refractivity contribution in [2.45, 2.75) is 304 Å². The molecule has 0 aromatic carbocycles. The second-order valence-corrected chi connectivity index (χ2v) is 31.1. The topological polar surface area (TPSA) is 472 Å². The summed E-state index contributed by atoms with van der Waals surface area (Å²) in [6, 6.07) is 0. The summed E-state index contributed by atoms with van der Waals surface area (Å²) in [5.74, 6) is -1.33. The van der Waals surface area contributed by atoms with Crippen molar-refractivity contribution in [3.05, 3.63) is 11.6 Å². The Hall–Kier alpha value is -1.91. The van der Waals surface area contributed by atoms with Crippen molar-refractivity contribution in [1.29, 1.82) is 0 Å². The number of esters is 1. The molecule has 0 aromatic heterocycles. The maximum Gasteiger partial charge on any atom is 0.317 e. The minimum atomic E-state index is -1.96. The summed E-state index contributed by atoms with van der Waals surface area (Å²) in [5, 5.41) is 187. The van der Waals surface area contributed by atoms with E-state index in [1.807, 2.05) is 0 Å². The van der Waals surface area contributed by atoms with Crippen LogP contribution >= 0.6 is 0 Å². The molecule has 17 N–H and O–H groups in total. The van der Waals surface area contributed by atoms with E-state index in [1.54, 1.807) is 0 Å². The Kier molecular flexibility index (Phi) is 21.2. The number of rotatable bonds is 14. The number of carbonyl (C=O) groups is 1. The third-order valence-corrected chi connectivity index (χ3v) is 24.8. The van der Waals surface area contributed by atoms with E-state index in [2.05, 4.69) is 54.5 Å². The maximum absolute atomic E-state index is 15.5. The van der Waals surface area contributed by atoms with Crippen LogP contribution in [0, 0.1) is 50.2 Å². The first-order chi connectivity index (χ1) is 44.0. The Balaban J connectivity index is 0.811. The summed E-state index contributed by atoms with van der Waals surface area (Å²) in [6.07, 6.45) is -40.6. The van der Waals surface area contributed by atoms with Gasteiger partial charge in [-0.3, -0.25) is 4.79 Å². The molecule has 11 aliphatic rings. The van der Waals surface area contributed by atoms with Crippen LogP contribution in [0.4, 0.5) is 0 Å². The van der Waals surface area contributed by atoms with Gasteiger partial charge in [-0.05, 0) is 116 Å². The zero-order valence-electron chi connectivity index (χ0n) is 54.7. The van der Waals surface area contributed by atoms with Crippen molar-refractivity contribution in [2.24, 2.45) is 50.2 Å². The van der Waals surface area contributed by atoms with Gasteiger partial charge < -0.3 is 144 Å². The standard InChI is InChI=1S/C64H104O30/c1-24-36(70)40(74)44(78)53(85-24)92-50-47(81)56(88-31(21-66)49(50)91-52-43(77)37(71)28(67)22-83-52)89-35-13-14-61(7)32(60(35,5)6)12-15-62(8)33(61)11-10-26-27-18-59(3,4)16-17-64(27,34(69)19-63(26,62)9)58(82)94-57-51(38(72)29(68)23-84-57)93-54-46(80)42(76)48(25(2)86-54)90-55-45(79)41(75)39(73)30(20-65)87-55/h10,24-25,27-57,65-81H,11-23H2,1-9H3/t24-,25-,27-,28+,29-,30+,31+,32-,33+,34+,35-,36-,37-,38-,39+,40+,41-,42-,43+,44+,45+,46+,47+,48-,49+,50+,51+,52-,53-,54-,55-,56-,57+,61-,62+,63+,64+/m0/s1. The van der Waals surface area contributed by atoms with Gasteiger partial charge in [0.05, 0.1) is 50.8 Å². The number of hydrogen-bond donors (Lipinski definition) is 17. The third-order valence-electron chi connectivity index (χ3n) is 24.8. The van der Waals surface area contributed by atoms with Crippen molar-refractivity contribution in [1.82, 2.24) is 0 Å². The van der Waals surface area contributed by atoms with Crippen molar-refractivity contribution < 1.29 is 148 Å². The van der Waals surface area contributed by atoms with Crippen LogP contribution in [-0.4, -0.2) is 303 Å². The van der Waals surface area contributed by atoms with Crippen molar-refractivity contribution >= 4 is 5.97 Å². The zero-order valence-corrected chi connectivity index (χ0v) is 54.7. The van der Waals surface area contributed by atoms with Crippen molar-refractivity contribution in [3.63, 3.8) is 0 Å². The maximum atomic E-state index is 15.5. The first-order valence-electron chi connectivity index (χ1n) is 33.5. The molecule has 6 heterocycles. The Labute approximate surface area is 545 Å². The molecular weight excluding hydrogens is 1250 g/mol. The Morgan fingerprint density at radius 1 is 0.489 bits per heavy atom. The van der Waals surface area contributed by atoms with Gasteiger partial charge in [0.1, 0.15) is 121 Å². The quantitative estimate of drug-likeness (QED) is 0.0447. The minimum absolute atomic E-state index is 0.00613. The molecule has 0 unspecified atom stereocenters. The monoisotopic (exact) mass is 1350 g/mol. The van der Waals surface area contributed by atoms with E-state index in [1.165, 1.54) is 13.8 Å². The van der Waals surface area contributed by atoms with Gasteiger partial charge in [-0.2, -0.15) is 0 Å². The Morgan fingerprint density at radius 3 is 1.69 bits per heavy atom. The molecule has 10 fully saturated rings. The number of fused-ring (bicyclic) bond motifs is 7. The molecule has 0 spiro atoms. The van der Waals surface area contributed by atoms with Gasteiger partial charge >= 0.3 is 5.97 Å². The summed E-state index contributed by atoms with van der Waals surface area (Å²) >= 11 is 0. The molecule has 0 aromatic rings. The summed E-state index contributed by atoms with van der Waals surface area (Å²) in [7, 11) is 0. The number of ether oxygens (including phenoxy) is 12. The highest BCUT2D eigenvalue weighted by molar-refractivity contribution is 5.80. The second kappa shape index (κ2) is 27.1. The van der Waals surface area contributed by atoms with E-state index in [0.717, 1.165) is 5.57 Å². The molecule has 30 heteroatoms. The summed E-state index contributed by atoms with van der Waals surface area (Å²) in [5.41, 5.74) is -2.90. The molecular formula is C64H104O30. The third kappa shape index (κ3) is 12.3. The minimum Gasteiger partial charge on any atom is -0.432 e. The van der Waals surface area contributed by atoms with Crippen molar-refractivity contribution in [2.75, 3.05) is 26.4 Å². The molecule has 30 nitrogen and oxygen atoms in total. The fourth-order valence-electron chi connectivity index (χ4n) is 18.9. The number of hydrogen-bond acceptors (Lipinski definition) is 30. The van der Waals surface area contributed by atoms with E-state index in [4.69, 9.17) is 56.8 Å². The smallest absolute Gasteiger partial charge is 0.317 e. The van der Waals surface area contributed by atoms with Gasteiger partial charge in [0.2, 0.25) is 6.29 Å². The lowest BCUT2D eigenvalue weighted by atomic mass is 9.33. The number of carbonyl (C=O) groups excluding carboxylic acids is 1. The van der Waals surface area contributed by atoms with E-state index < -0.39 is 244 Å². The summed E-state index contributed by atoms with van der Waals surface area (Å²) in [6.45, 7) is 15.7. The largest absolute Gasteiger partial charge is 0.432 e. The molecule has 0 bridgehead atoms. The van der Waals surface area contributed by atoms with Crippen LogP contribution in [0.2, 0.25) is 0 Å². The van der Waals surface area contributed by atoms with Crippen LogP contribution in [0.1, 0.15) is 120 Å². The average molecular weight is 1350 g/mol. The lowest BCUT2D eigenvalue weighted by Gasteiger charge is -2.71. The zero-order chi connectivity index (χ0) is 68.6. The molecule has 11 rings (SSSR count). The lowest BCUT2D eigenvalue weighted by molar-refractivity contribution is -0.388. The molecule has 0 amide bonds. The van der Waals surface area contributed by atoms with Crippen molar-refractivity contribution in [3.8, 4) is 0 Å². The van der Waals surface area contributed by atoms with E-state index >= 15 is 4.79 Å². The van der Waals surface area contributed by atoms with E-state index in [-0.39, 0.29) is 35.5 Å². The number of aliphatic hydroxyl groups is 17. The fraction of sp³-hybridized carbons (Fsp3) is 0.953. The molecule has 37 atom stereocenters. The molecule has 540 valence electrons. The van der Waals surface area contributed by atoms with E-state index in [0.29, 0.717) is 44.9 Å². The molecule has 4 saturated carbocycles. The first kappa shape index (κ1) is 73.3. The van der Waals surface area contributed by atoms with Crippen LogP contribution in [0.3, 0.4) is 0 Å². The van der Waals surface area contributed by atoms with Crippen LogP contribution in [-0.2, 0) is 61.6 Å². The van der Waals surface area contributed by atoms with Gasteiger partial charge in [-0.15, -0.1) is 0 Å². The van der Waals surface area contributed by atoms with Gasteiger partial charge in [0.25, 0.3) is 0 Å². The van der Waals surface area contributed by atoms with E-state index in [9.17, 15) is 86.8 Å². The number of aliphatic hydroxyl groups excluding tert-OH is 17. The molecule has 6 aliphatic heterocycles. The number of allylic oxidation sites excluding steroid dienone is 2. The Morgan fingerprint density at radius 2 is 1.03 bits per heavy atom. The molecule has 6 saturated heterocycles. The van der Waals surface area contributed by atoms with Crippen LogP contribution < -0.4 is 0 Å². The van der Waals surface area contributed by atoms with Crippen LogP contribution in [0.25, 0.3) is 0 Å². The van der Waals surface area contributed by atoms with Gasteiger partial charge in [0.15, 0.2) is 37.6 Å².